The van der Waals surface area contributed by atoms with E-state index in [1.165, 1.54) is 0 Å². The second-order valence-electron chi connectivity index (χ2n) is 4.68. The van der Waals surface area contributed by atoms with E-state index in [-0.39, 0.29) is 6.61 Å². The Kier molecular flexibility index (Phi) is 5.38. The number of carbonyl (C=O) groups is 1. The predicted molar refractivity (Wildman–Crippen MR) is 83.3 cm³/mol. The van der Waals surface area contributed by atoms with E-state index in [4.69, 9.17) is 15.2 Å². The second kappa shape index (κ2) is 7.47. The number of aliphatic hydroxyl groups is 1. The molecule has 0 radical (unpaired) electrons. The molecule has 0 saturated carbocycles. The van der Waals surface area contributed by atoms with Gasteiger partial charge in [0.05, 0.1) is 12.3 Å². The van der Waals surface area contributed by atoms with Crippen molar-refractivity contribution in [2.75, 3.05) is 12.3 Å². The fraction of sp³-hybridized carbons (Fsp3) is 0.235. The summed E-state index contributed by atoms with van der Waals surface area (Å²) in [6, 6.07) is 15.9. The van der Waals surface area contributed by atoms with Crippen molar-refractivity contribution in [3.8, 4) is 5.75 Å². The molecule has 0 fully saturated rings. The quantitative estimate of drug-likeness (QED) is 0.632. The van der Waals surface area contributed by atoms with Crippen molar-refractivity contribution in [1.29, 1.82) is 0 Å². The highest BCUT2D eigenvalue weighted by Gasteiger charge is 2.31. The number of ether oxygens (including phenoxy) is 2. The van der Waals surface area contributed by atoms with Gasteiger partial charge in [-0.25, -0.2) is 4.79 Å². The van der Waals surface area contributed by atoms with E-state index in [0.29, 0.717) is 17.0 Å². The van der Waals surface area contributed by atoms with E-state index in [0.717, 1.165) is 0 Å². The molecule has 2 rings (SSSR count). The maximum atomic E-state index is 11.8. The monoisotopic (exact) mass is 301 g/mol. The van der Waals surface area contributed by atoms with Gasteiger partial charge in [0.15, 0.2) is 12.2 Å². The third-order valence-electron chi connectivity index (χ3n) is 3.12. The number of para-hydroxylation sites is 2. The topological polar surface area (TPSA) is 81.8 Å². The van der Waals surface area contributed by atoms with Gasteiger partial charge in [-0.3, -0.25) is 0 Å². The van der Waals surface area contributed by atoms with E-state index in [1.807, 2.05) is 6.07 Å². The number of esters is 1. The van der Waals surface area contributed by atoms with Gasteiger partial charge in [0.1, 0.15) is 5.75 Å². The zero-order valence-corrected chi connectivity index (χ0v) is 12.3. The highest BCUT2D eigenvalue weighted by molar-refractivity contribution is 5.75. The molecule has 0 saturated heterocycles. The minimum atomic E-state index is -1.44. The van der Waals surface area contributed by atoms with Gasteiger partial charge in [-0.1, -0.05) is 42.5 Å². The van der Waals surface area contributed by atoms with Crippen LogP contribution in [0.5, 0.6) is 5.75 Å². The average molecular weight is 301 g/mol. The molecule has 0 amide bonds. The minimum Gasteiger partial charge on any atom is -0.480 e. The zero-order chi connectivity index (χ0) is 15.9. The molecule has 2 aromatic carbocycles. The summed E-state index contributed by atoms with van der Waals surface area (Å²) in [6.45, 7) is 1.86. The van der Waals surface area contributed by atoms with E-state index in [1.54, 1.807) is 55.5 Å². The van der Waals surface area contributed by atoms with Crippen LogP contribution in [0.15, 0.2) is 54.6 Å². The number of rotatable bonds is 6. The van der Waals surface area contributed by atoms with Crippen molar-refractivity contribution in [3.63, 3.8) is 0 Å². The van der Waals surface area contributed by atoms with Gasteiger partial charge >= 0.3 is 5.97 Å². The number of benzene rings is 2. The number of hydrogen-bond acceptors (Lipinski definition) is 5. The highest BCUT2D eigenvalue weighted by Crippen LogP contribution is 2.29. The van der Waals surface area contributed by atoms with Gasteiger partial charge in [0.2, 0.25) is 0 Å². The van der Waals surface area contributed by atoms with Crippen LogP contribution in [0.25, 0.3) is 0 Å². The molecule has 0 heterocycles. The van der Waals surface area contributed by atoms with Crippen molar-refractivity contribution in [3.05, 3.63) is 60.2 Å². The molecule has 3 N–H and O–H groups in total. The van der Waals surface area contributed by atoms with Gasteiger partial charge in [-0.05, 0) is 24.6 Å². The van der Waals surface area contributed by atoms with Crippen LogP contribution >= 0.6 is 0 Å². The number of anilines is 1. The van der Waals surface area contributed by atoms with Crippen molar-refractivity contribution < 1.29 is 19.4 Å². The van der Waals surface area contributed by atoms with E-state index in [9.17, 15) is 9.90 Å². The molecule has 5 nitrogen and oxygen atoms in total. The van der Waals surface area contributed by atoms with Crippen molar-refractivity contribution in [2.45, 2.75) is 19.1 Å². The van der Waals surface area contributed by atoms with Crippen LogP contribution in [0.4, 0.5) is 5.69 Å². The average Bonchev–Trinajstić information content (AvgIpc) is 2.54. The van der Waals surface area contributed by atoms with Gasteiger partial charge in [-0.15, -0.1) is 0 Å². The Hall–Kier alpha value is -2.53. The van der Waals surface area contributed by atoms with Gasteiger partial charge in [0, 0.05) is 0 Å². The first-order valence-corrected chi connectivity index (χ1v) is 7.04. The Balaban J connectivity index is 2.30. The Labute approximate surface area is 129 Å². The van der Waals surface area contributed by atoms with Gasteiger partial charge in [-0.2, -0.15) is 0 Å². The lowest BCUT2D eigenvalue weighted by atomic mass is 10.0. The Morgan fingerprint density at radius 3 is 2.41 bits per heavy atom. The molecule has 0 spiro atoms. The molecule has 116 valence electrons. The fourth-order valence-electron chi connectivity index (χ4n) is 2.03. The number of nitrogens with two attached hydrogens (primary N) is 1. The molecular weight excluding hydrogens is 282 g/mol. The summed E-state index contributed by atoms with van der Waals surface area (Å²) in [5, 5.41) is 10.3. The number of hydrogen-bond donors (Lipinski definition) is 2. The lowest BCUT2D eigenvalue weighted by molar-refractivity contribution is -0.158. The molecule has 0 aliphatic heterocycles. The Morgan fingerprint density at radius 1 is 1.14 bits per heavy atom. The van der Waals surface area contributed by atoms with E-state index in [2.05, 4.69) is 0 Å². The van der Waals surface area contributed by atoms with E-state index >= 15 is 0 Å². The lowest BCUT2D eigenvalue weighted by Gasteiger charge is -2.24. The normalized spacial score (nSPS) is 13.2. The molecule has 22 heavy (non-hydrogen) atoms. The minimum absolute atomic E-state index is 0.185. The van der Waals surface area contributed by atoms with Crippen LogP contribution in [0.1, 0.15) is 18.6 Å². The fourth-order valence-corrected chi connectivity index (χ4v) is 2.03. The van der Waals surface area contributed by atoms with Crippen LogP contribution < -0.4 is 10.5 Å². The van der Waals surface area contributed by atoms with Crippen LogP contribution in [0, 0.1) is 0 Å². The van der Waals surface area contributed by atoms with Crippen LogP contribution in [0.2, 0.25) is 0 Å². The molecule has 0 aromatic heterocycles. The van der Waals surface area contributed by atoms with E-state index < -0.39 is 18.2 Å². The Bertz CT molecular complexity index is 615. The third kappa shape index (κ3) is 3.77. The summed E-state index contributed by atoms with van der Waals surface area (Å²) in [5.74, 6) is -0.328. The summed E-state index contributed by atoms with van der Waals surface area (Å²) in [7, 11) is 0. The van der Waals surface area contributed by atoms with Crippen molar-refractivity contribution >= 4 is 11.7 Å². The van der Waals surface area contributed by atoms with Crippen LogP contribution in [-0.2, 0) is 9.53 Å². The molecule has 2 unspecified atom stereocenters. The predicted octanol–water partition coefficient (Wildman–Crippen LogP) is 2.31. The molecular formula is C17H19NO4. The first kappa shape index (κ1) is 15.9. The molecule has 2 aromatic rings. The Morgan fingerprint density at radius 2 is 1.77 bits per heavy atom. The summed E-state index contributed by atoms with van der Waals surface area (Å²) >= 11 is 0. The standard InChI is InChI=1S/C17H19NO4/c1-2-21-17(20)15(19)16(12-8-4-3-5-9-12)22-14-11-7-6-10-13(14)18/h3-11,15-16,19H,2,18H2,1H3. The smallest absolute Gasteiger partial charge is 0.339 e. The summed E-state index contributed by atoms with van der Waals surface area (Å²) in [4.78, 5) is 11.8. The summed E-state index contributed by atoms with van der Waals surface area (Å²) < 4.78 is 10.7. The van der Waals surface area contributed by atoms with Crippen LogP contribution in [-0.4, -0.2) is 23.8 Å². The number of nitrogen functional groups attached to an aromatic ring is 1. The SMILES string of the molecule is CCOC(=O)C(O)C(Oc1ccccc1N)c1ccccc1. The molecule has 5 heteroatoms. The third-order valence-corrected chi connectivity index (χ3v) is 3.12. The highest BCUT2D eigenvalue weighted by atomic mass is 16.6. The lowest BCUT2D eigenvalue weighted by Crippen LogP contribution is -2.33. The van der Waals surface area contributed by atoms with Gasteiger partial charge < -0.3 is 20.3 Å². The van der Waals surface area contributed by atoms with Crippen molar-refractivity contribution in [2.24, 2.45) is 0 Å². The summed E-state index contributed by atoms with van der Waals surface area (Å²) in [5.41, 5.74) is 6.95. The molecule has 0 aliphatic rings. The maximum Gasteiger partial charge on any atom is 0.339 e. The van der Waals surface area contributed by atoms with Gasteiger partial charge in [0.25, 0.3) is 0 Å². The first-order chi connectivity index (χ1) is 10.6. The van der Waals surface area contributed by atoms with Crippen molar-refractivity contribution in [1.82, 2.24) is 0 Å². The largest absolute Gasteiger partial charge is 0.480 e. The molecule has 0 aliphatic carbocycles. The van der Waals surface area contributed by atoms with Crippen LogP contribution in [0.3, 0.4) is 0 Å². The molecule has 0 bridgehead atoms. The summed E-state index contributed by atoms with van der Waals surface area (Å²) in [6.07, 6.45) is -2.34. The zero-order valence-electron chi connectivity index (χ0n) is 12.3. The molecule has 2 atom stereocenters. The maximum absolute atomic E-state index is 11.8. The number of aliphatic hydroxyl groups excluding tert-OH is 1. The number of carbonyl (C=O) groups excluding carboxylic acids is 1. The second-order valence-corrected chi connectivity index (χ2v) is 4.68. The first-order valence-electron chi connectivity index (χ1n) is 7.04.